The number of pyridine rings is 1. The Bertz CT molecular complexity index is 1070. The number of aryl methyl sites for hydroxylation is 2. The van der Waals surface area contributed by atoms with Crippen LogP contribution in [0, 0.1) is 12.8 Å². The number of benzene rings is 1. The number of fused-ring (bicyclic) bond motifs is 2. The van der Waals surface area contributed by atoms with E-state index in [9.17, 15) is 4.79 Å². The van der Waals surface area contributed by atoms with Gasteiger partial charge in [0.05, 0.1) is 6.61 Å². The van der Waals surface area contributed by atoms with Crippen molar-refractivity contribution in [2.45, 2.75) is 39.2 Å². The van der Waals surface area contributed by atoms with Gasteiger partial charge in [-0.2, -0.15) is 4.98 Å². The number of carbonyl (C=O) groups excluding carboxylic acids is 1. The summed E-state index contributed by atoms with van der Waals surface area (Å²) in [7, 11) is 0. The molecule has 0 spiro atoms. The number of carbonyl (C=O) groups is 1. The Morgan fingerprint density at radius 3 is 2.93 bits per heavy atom. The van der Waals surface area contributed by atoms with Gasteiger partial charge in [0.15, 0.2) is 5.58 Å². The maximum absolute atomic E-state index is 12.7. The summed E-state index contributed by atoms with van der Waals surface area (Å²) in [4.78, 5) is 23.7. The Balaban J connectivity index is 1.15. The first kappa shape index (κ1) is 18.9. The Morgan fingerprint density at radius 1 is 1.20 bits per heavy atom. The number of hydrogen-bond donors (Lipinski definition) is 1. The quantitative estimate of drug-likeness (QED) is 0.715. The Kier molecular flexibility index (Phi) is 5.02. The molecule has 156 valence electrons. The van der Waals surface area contributed by atoms with E-state index in [1.165, 1.54) is 5.56 Å². The predicted molar refractivity (Wildman–Crippen MR) is 114 cm³/mol. The van der Waals surface area contributed by atoms with Gasteiger partial charge in [-0.15, -0.1) is 0 Å². The highest BCUT2D eigenvalue weighted by atomic mass is 16.5. The van der Waals surface area contributed by atoms with Crippen LogP contribution in [0.4, 0.5) is 6.01 Å². The molecule has 0 bridgehead atoms. The number of ether oxygens (including phenoxy) is 1. The van der Waals surface area contributed by atoms with E-state index in [0.717, 1.165) is 62.4 Å². The molecular formula is C23H26N4O3. The van der Waals surface area contributed by atoms with E-state index < -0.39 is 0 Å². The van der Waals surface area contributed by atoms with E-state index in [-0.39, 0.29) is 11.8 Å². The molecule has 3 aromatic rings. The highest BCUT2D eigenvalue weighted by molar-refractivity contribution is 5.79. The lowest BCUT2D eigenvalue weighted by molar-refractivity contribution is -0.125. The normalized spacial score (nSPS) is 16.9. The van der Waals surface area contributed by atoms with Crippen LogP contribution in [0.1, 0.15) is 36.1 Å². The number of oxazole rings is 1. The number of anilines is 1. The van der Waals surface area contributed by atoms with Crippen molar-refractivity contribution in [3.05, 3.63) is 47.2 Å². The maximum Gasteiger partial charge on any atom is 0.299 e. The molecule has 1 saturated heterocycles. The van der Waals surface area contributed by atoms with E-state index in [1.807, 2.05) is 31.2 Å². The Morgan fingerprint density at radius 2 is 2.07 bits per heavy atom. The van der Waals surface area contributed by atoms with Gasteiger partial charge >= 0.3 is 0 Å². The number of rotatable bonds is 4. The van der Waals surface area contributed by atoms with Crippen LogP contribution in [0.5, 0.6) is 5.75 Å². The zero-order valence-electron chi connectivity index (χ0n) is 17.2. The van der Waals surface area contributed by atoms with Gasteiger partial charge in [-0.25, -0.2) is 4.98 Å². The molecule has 0 saturated carbocycles. The molecule has 7 heteroatoms. The monoisotopic (exact) mass is 406 g/mol. The van der Waals surface area contributed by atoms with Crippen LogP contribution in [-0.2, 0) is 17.8 Å². The third kappa shape index (κ3) is 3.84. The molecule has 4 heterocycles. The van der Waals surface area contributed by atoms with E-state index in [0.29, 0.717) is 23.8 Å². The molecular weight excluding hydrogens is 380 g/mol. The zero-order chi connectivity index (χ0) is 20.5. The summed E-state index contributed by atoms with van der Waals surface area (Å²) in [6.45, 7) is 4.79. The first-order valence-corrected chi connectivity index (χ1v) is 10.7. The number of piperidine rings is 1. The molecule has 2 aliphatic heterocycles. The average Bonchev–Trinajstić information content (AvgIpc) is 3.20. The molecule has 5 rings (SSSR count). The van der Waals surface area contributed by atoms with Crippen LogP contribution in [0.2, 0.25) is 0 Å². The van der Waals surface area contributed by atoms with Crippen LogP contribution >= 0.6 is 0 Å². The molecule has 0 unspecified atom stereocenters. The number of nitrogens with zero attached hydrogens (tertiary/aromatic N) is 3. The SMILES string of the molecule is Cc1ccc2oc(N3CCC(C(=O)NCc4ccc5c(c4)CCCO5)CC3)nc2n1. The summed E-state index contributed by atoms with van der Waals surface area (Å²) in [5.41, 5.74) is 4.62. The van der Waals surface area contributed by atoms with Crippen molar-refractivity contribution in [2.24, 2.45) is 5.92 Å². The van der Waals surface area contributed by atoms with Gasteiger partial charge in [-0.1, -0.05) is 12.1 Å². The fourth-order valence-electron chi connectivity index (χ4n) is 4.23. The fraction of sp³-hybridized carbons (Fsp3) is 0.435. The second-order valence-electron chi connectivity index (χ2n) is 8.14. The van der Waals surface area contributed by atoms with Gasteiger partial charge in [0.25, 0.3) is 6.01 Å². The van der Waals surface area contributed by atoms with Gasteiger partial charge in [0, 0.05) is 31.2 Å². The lowest BCUT2D eigenvalue weighted by atomic mass is 9.96. The third-order valence-corrected chi connectivity index (χ3v) is 5.96. The molecule has 1 amide bonds. The summed E-state index contributed by atoms with van der Waals surface area (Å²) < 4.78 is 11.5. The Labute approximate surface area is 175 Å². The molecule has 2 aliphatic rings. The minimum absolute atomic E-state index is 0.0203. The predicted octanol–water partition coefficient (Wildman–Crippen LogP) is 3.39. The summed E-state index contributed by atoms with van der Waals surface area (Å²) in [5, 5.41) is 3.11. The van der Waals surface area contributed by atoms with Crippen molar-refractivity contribution in [3.8, 4) is 5.75 Å². The van der Waals surface area contributed by atoms with Crippen molar-refractivity contribution in [2.75, 3.05) is 24.6 Å². The first-order valence-electron chi connectivity index (χ1n) is 10.7. The van der Waals surface area contributed by atoms with Crippen molar-refractivity contribution < 1.29 is 13.9 Å². The smallest absolute Gasteiger partial charge is 0.299 e. The largest absolute Gasteiger partial charge is 0.493 e. The van der Waals surface area contributed by atoms with Crippen molar-refractivity contribution in [1.29, 1.82) is 0 Å². The first-order chi connectivity index (χ1) is 14.7. The van der Waals surface area contributed by atoms with Crippen LogP contribution in [0.3, 0.4) is 0 Å². The van der Waals surface area contributed by atoms with E-state index in [2.05, 4.69) is 26.3 Å². The van der Waals surface area contributed by atoms with Gasteiger partial charge < -0.3 is 19.4 Å². The molecule has 30 heavy (non-hydrogen) atoms. The molecule has 7 nitrogen and oxygen atoms in total. The second-order valence-corrected chi connectivity index (χ2v) is 8.14. The molecule has 1 N–H and O–H groups in total. The molecule has 0 aliphatic carbocycles. The number of aromatic nitrogens is 2. The summed E-state index contributed by atoms with van der Waals surface area (Å²) in [5.74, 6) is 1.12. The number of hydrogen-bond acceptors (Lipinski definition) is 6. The minimum atomic E-state index is 0.0203. The average molecular weight is 406 g/mol. The van der Waals surface area contributed by atoms with Crippen LogP contribution in [-0.4, -0.2) is 35.6 Å². The van der Waals surface area contributed by atoms with Gasteiger partial charge in [-0.3, -0.25) is 4.79 Å². The third-order valence-electron chi connectivity index (χ3n) is 5.96. The zero-order valence-corrected chi connectivity index (χ0v) is 17.2. The van der Waals surface area contributed by atoms with Crippen molar-refractivity contribution >= 4 is 23.2 Å². The molecule has 2 aromatic heterocycles. The molecule has 1 fully saturated rings. The summed E-state index contributed by atoms with van der Waals surface area (Å²) in [6.07, 6.45) is 3.67. The summed E-state index contributed by atoms with van der Waals surface area (Å²) >= 11 is 0. The van der Waals surface area contributed by atoms with Gasteiger partial charge in [-0.05, 0) is 61.9 Å². The minimum Gasteiger partial charge on any atom is -0.493 e. The van der Waals surface area contributed by atoms with Crippen LogP contribution < -0.4 is 15.0 Å². The maximum atomic E-state index is 12.7. The summed E-state index contributed by atoms with van der Waals surface area (Å²) in [6, 6.07) is 10.6. The highest BCUT2D eigenvalue weighted by Crippen LogP contribution is 2.27. The van der Waals surface area contributed by atoms with Crippen LogP contribution in [0.25, 0.3) is 11.2 Å². The van der Waals surface area contributed by atoms with E-state index in [4.69, 9.17) is 9.15 Å². The van der Waals surface area contributed by atoms with Crippen molar-refractivity contribution in [1.82, 2.24) is 15.3 Å². The van der Waals surface area contributed by atoms with Gasteiger partial charge in [0.2, 0.25) is 11.6 Å². The molecule has 1 aromatic carbocycles. The van der Waals surface area contributed by atoms with Crippen molar-refractivity contribution in [3.63, 3.8) is 0 Å². The fourth-order valence-corrected chi connectivity index (χ4v) is 4.23. The van der Waals surface area contributed by atoms with Gasteiger partial charge in [0.1, 0.15) is 5.75 Å². The lowest BCUT2D eigenvalue weighted by Crippen LogP contribution is -2.40. The van der Waals surface area contributed by atoms with E-state index in [1.54, 1.807) is 0 Å². The lowest BCUT2D eigenvalue weighted by Gasteiger charge is -2.30. The Hall–Kier alpha value is -3.09. The number of amides is 1. The number of nitrogens with one attached hydrogen (secondary N) is 1. The highest BCUT2D eigenvalue weighted by Gasteiger charge is 2.27. The topological polar surface area (TPSA) is 80.5 Å². The van der Waals surface area contributed by atoms with E-state index >= 15 is 0 Å². The standard InChI is InChI=1S/C23H26N4O3/c1-15-4-6-20-21(25-15)26-23(30-20)27-10-8-17(9-11-27)22(28)24-14-16-5-7-19-18(13-16)3-2-12-29-19/h4-7,13,17H,2-3,8-12,14H2,1H3,(H,24,28). The molecule has 0 atom stereocenters. The van der Waals surface area contributed by atoms with Crippen LogP contribution in [0.15, 0.2) is 34.7 Å². The molecule has 0 radical (unpaired) electrons. The second kappa shape index (κ2) is 7.97.